The van der Waals surface area contributed by atoms with Crippen molar-refractivity contribution in [1.29, 1.82) is 0 Å². The van der Waals surface area contributed by atoms with Crippen LogP contribution in [0, 0.1) is 0 Å². The van der Waals surface area contributed by atoms with Gasteiger partial charge in [-0.3, -0.25) is 0 Å². The Morgan fingerprint density at radius 3 is 2.81 bits per heavy atom. The maximum atomic E-state index is 11.1. The van der Waals surface area contributed by atoms with Crippen LogP contribution in [0.4, 0.5) is 0 Å². The van der Waals surface area contributed by atoms with Gasteiger partial charge in [-0.2, -0.15) is 0 Å². The number of carbonyl (C=O) groups is 1. The van der Waals surface area contributed by atoms with Gasteiger partial charge in [0.2, 0.25) is 5.60 Å². The van der Waals surface area contributed by atoms with Gasteiger partial charge in [0.1, 0.15) is 5.76 Å². The molecule has 0 bridgehead atoms. The summed E-state index contributed by atoms with van der Waals surface area (Å²) in [6, 6.07) is 1.87. The number of aryl methyl sites for hydroxylation is 1. The molecule has 0 saturated heterocycles. The molecule has 1 atom stereocenters. The fourth-order valence-corrected chi connectivity index (χ4v) is 2.12. The highest BCUT2D eigenvalue weighted by atomic mass is 16.4. The smallest absolute Gasteiger partial charge is 0.343 e. The number of fused-ring (bicyclic) bond motifs is 1. The Hall–Kier alpha value is -1.29. The van der Waals surface area contributed by atoms with Crippen molar-refractivity contribution in [3.8, 4) is 0 Å². The molecule has 2 N–H and O–H groups in total. The first-order valence-corrected chi connectivity index (χ1v) is 5.54. The van der Waals surface area contributed by atoms with E-state index in [1.54, 1.807) is 0 Å². The largest absolute Gasteiger partial charge is 0.479 e. The summed E-state index contributed by atoms with van der Waals surface area (Å²) in [6.07, 6.45) is 1.67. The van der Waals surface area contributed by atoms with Gasteiger partial charge in [0, 0.05) is 5.92 Å². The summed E-state index contributed by atoms with van der Waals surface area (Å²) < 4.78 is 5.51. The fraction of sp³-hybridized carbons (Fsp3) is 0.583. The Morgan fingerprint density at radius 1 is 1.56 bits per heavy atom. The molecule has 0 aromatic carbocycles. The molecule has 0 aliphatic heterocycles. The van der Waals surface area contributed by atoms with Crippen LogP contribution < -0.4 is 0 Å². The molecular weight excluding hydrogens is 208 g/mol. The van der Waals surface area contributed by atoms with Crippen molar-refractivity contribution in [2.24, 2.45) is 0 Å². The van der Waals surface area contributed by atoms with E-state index in [0.29, 0.717) is 6.42 Å². The Balaban J connectivity index is 2.50. The highest BCUT2D eigenvalue weighted by Crippen LogP contribution is 2.38. The number of aliphatic carboxylic acids is 1. The molecule has 4 heteroatoms. The third-order valence-electron chi connectivity index (χ3n) is 3.11. The van der Waals surface area contributed by atoms with E-state index >= 15 is 0 Å². The summed E-state index contributed by atoms with van der Waals surface area (Å²) in [5.41, 5.74) is -0.999. The third kappa shape index (κ3) is 1.53. The molecule has 0 spiro atoms. The first-order chi connectivity index (χ1) is 7.45. The average molecular weight is 224 g/mol. The molecule has 1 aliphatic carbocycles. The van der Waals surface area contributed by atoms with Crippen LogP contribution in [0.3, 0.4) is 0 Å². The average Bonchev–Trinajstić information content (AvgIpc) is 2.63. The van der Waals surface area contributed by atoms with E-state index in [2.05, 4.69) is 0 Å². The van der Waals surface area contributed by atoms with Gasteiger partial charge in [0.25, 0.3) is 0 Å². The van der Waals surface area contributed by atoms with Crippen molar-refractivity contribution in [3.05, 3.63) is 23.2 Å². The summed E-state index contributed by atoms with van der Waals surface area (Å²) in [5, 5.41) is 19.2. The van der Waals surface area contributed by atoms with E-state index < -0.39 is 11.6 Å². The molecule has 1 unspecified atom stereocenters. The summed E-state index contributed by atoms with van der Waals surface area (Å²) >= 11 is 0. The molecule has 1 aliphatic rings. The monoisotopic (exact) mass is 224 g/mol. The fourth-order valence-electron chi connectivity index (χ4n) is 2.12. The molecule has 88 valence electrons. The highest BCUT2D eigenvalue weighted by Gasteiger charge is 2.45. The van der Waals surface area contributed by atoms with Gasteiger partial charge < -0.3 is 14.6 Å². The molecule has 0 radical (unpaired) electrons. The van der Waals surface area contributed by atoms with Gasteiger partial charge >= 0.3 is 5.97 Å². The van der Waals surface area contributed by atoms with E-state index in [1.807, 2.05) is 19.9 Å². The summed E-state index contributed by atoms with van der Waals surface area (Å²) in [5.74, 6) is -0.0525. The maximum absolute atomic E-state index is 11.1. The molecule has 1 aromatic rings. The molecule has 4 nitrogen and oxygen atoms in total. The lowest BCUT2D eigenvalue weighted by atomic mass is 9.84. The van der Waals surface area contributed by atoms with E-state index in [4.69, 9.17) is 9.52 Å². The van der Waals surface area contributed by atoms with Crippen molar-refractivity contribution >= 4 is 5.97 Å². The summed E-state index contributed by atoms with van der Waals surface area (Å²) in [6.45, 7) is 3.95. The topological polar surface area (TPSA) is 70.7 Å². The Bertz CT molecular complexity index is 419. The minimum atomic E-state index is -1.83. The summed E-state index contributed by atoms with van der Waals surface area (Å²) in [7, 11) is 0. The minimum Gasteiger partial charge on any atom is -0.479 e. The lowest BCUT2D eigenvalue weighted by Crippen LogP contribution is -2.38. The van der Waals surface area contributed by atoms with Gasteiger partial charge in [-0.05, 0) is 30.9 Å². The first kappa shape index (κ1) is 11.2. The van der Waals surface area contributed by atoms with Gasteiger partial charge in [-0.15, -0.1) is 0 Å². The molecule has 0 saturated carbocycles. The lowest BCUT2D eigenvalue weighted by Gasteiger charge is -2.26. The number of hydrogen-bond donors (Lipinski definition) is 2. The normalized spacial score (nSPS) is 24.5. The lowest BCUT2D eigenvalue weighted by molar-refractivity contribution is -0.163. The molecule has 1 aromatic heterocycles. The maximum Gasteiger partial charge on any atom is 0.343 e. The predicted molar refractivity (Wildman–Crippen MR) is 57.3 cm³/mol. The molecule has 0 amide bonds. The molecule has 0 fully saturated rings. The SMILES string of the molecule is CC(C)c1cc2c(o1)C(O)(C(=O)O)CCC2. The van der Waals surface area contributed by atoms with Crippen LogP contribution in [0.5, 0.6) is 0 Å². The highest BCUT2D eigenvalue weighted by molar-refractivity contribution is 5.79. The van der Waals surface area contributed by atoms with Crippen molar-refractivity contribution < 1.29 is 19.4 Å². The van der Waals surface area contributed by atoms with E-state index in [9.17, 15) is 9.90 Å². The predicted octanol–water partition coefficient (Wildman–Crippen LogP) is 2.01. The second-order valence-corrected chi connectivity index (χ2v) is 4.68. The van der Waals surface area contributed by atoms with Crippen molar-refractivity contribution in [1.82, 2.24) is 0 Å². The van der Waals surface area contributed by atoms with Crippen LogP contribution in [-0.2, 0) is 16.8 Å². The second-order valence-electron chi connectivity index (χ2n) is 4.68. The second kappa shape index (κ2) is 3.63. The Kier molecular flexibility index (Phi) is 2.54. The van der Waals surface area contributed by atoms with Crippen molar-refractivity contribution in [3.63, 3.8) is 0 Å². The molecule has 2 rings (SSSR count). The zero-order chi connectivity index (χ0) is 11.9. The van der Waals surface area contributed by atoms with Crippen LogP contribution in [0.15, 0.2) is 10.5 Å². The zero-order valence-electron chi connectivity index (χ0n) is 9.49. The van der Waals surface area contributed by atoms with Crippen molar-refractivity contribution in [2.45, 2.75) is 44.6 Å². The van der Waals surface area contributed by atoms with Crippen LogP contribution in [0.25, 0.3) is 0 Å². The number of furan rings is 1. The van der Waals surface area contributed by atoms with Gasteiger partial charge in [-0.25, -0.2) is 4.79 Å². The Morgan fingerprint density at radius 2 is 2.25 bits per heavy atom. The molecule has 1 heterocycles. The van der Waals surface area contributed by atoms with Crippen LogP contribution in [0.2, 0.25) is 0 Å². The standard InChI is InChI=1S/C12H16O4/c1-7(2)9-6-8-4-3-5-12(15,11(13)14)10(8)16-9/h6-7,15H,3-5H2,1-2H3,(H,13,14). The van der Waals surface area contributed by atoms with Gasteiger partial charge in [0.15, 0.2) is 5.76 Å². The first-order valence-electron chi connectivity index (χ1n) is 5.54. The van der Waals surface area contributed by atoms with Crippen LogP contribution >= 0.6 is 0 Å². The van der Waals surface area contributed by atoms with E-state index in [0.717, 1.165) is 17.7 Å². The third-order valence-corrected chi connectivity index (χ3v) is 3.11. The van der Waals surface area contributed by atoms with Crippen LogP contribution in [-0.4, -0.2) is 16.2 Å². The number of aliphatic hydroxyl groups is 1. The number of rotatable bonds is 2. The van der Waals surface area contributed by atoms with E-state index in [1.165, 1.54) is 0 Å². The van der Waals surface area contributed by atoms with Gasteiger partial charge in [0.05, 0.1) is 0 Å². The van der Waals surface area contributed by atoms with Crippen LogP contribution in [0.1, 0.15) is 49.7 Å². The minimum absolute atomic E-state index is 0.198. The van der Waals surface area contributed by atoms with Gasteiger partial charge in [-0.1, -0.05) is 13.8 Å². The number of carboxylic acid groups (broad SMARTS) is 1. The zero-order valence-corrected chi connectivity index (χ0v) is 9.49. The van der Waals surface area contributed by atoms with Crippen molar-refractivity contribution in [2.75, 3.05) is 0 Å². The number of carboxylic acids is 1. The van der Waals surface area contributed by atoms with E-state index in [-0.39, 0.29) is 18.1 Å². The number of hydrogen-bond acceptors (Lipinski definition) is 3. The summed E-state index contributed by atoms with van der Waals surface area (Å²) in [4.78, 5) is 11.1. The Labute approximate surface area is 93.9 Å². The quantitative estimate of drug-likeness (QED) is 0.806. The molecular formula is C12H16O4. The molecule has 16 heavy (non-hydrogen) atoms.